The lowest BCUT2D eigenvalue weighted by Crippen LogP contribution is -2.49. The van der Waals surface area contributed by atoms with Crippen LogP contribution in [0.25, 0.3) is 0 Å². The highest BCUT2D eigenvalue weighted by Crippen LogP contribution is 2.20. The van der Waals surface area contributed by atoms with E-state index in [0.717, 1.165) is 19.4 Å². The third-order valence-corrected chi connectivity index (χ3v) is 2.11. The van der Waals surface area contributed by atoms with E-state index < -0.39 is 6.43 Å². The van der Waals surface area contributed by atoms with Crippen molar-refractivity contribution >= 4 is 0 Å². The first-order valence-corrected chi connectivity index (χ1v) is 3.76. The Morgan fingerprint density at radius 1 is 1.60 bits per heavy atom. The first kappa shape index (κ1) is 7.92. The fourth-order valence-electron chi connectivity index (χ4n) is 1.37. The van der Waals surface area contributed by atoms with Crippen molar-refractivity contribution in [2.45, 2.75) is 32.2 Å². The molecule has 0 radical (unpaired) electrons. The van der Waals surface area contributed by atoms with Crippen molar-refractivity contribution in [3.8, 4) is 0 Å². The average molecular weight is 149 g/mol. The minimum absolute atomic E-state index is 0.0293. The van der Waals surface area contributed by atoms with Gasteiger partial charge in [0.1, 0.15) is 0 Å². The van der Waals surface area contributed by atoms with E-state index in [1.807, 2.05) is 11.8 Å². The van der Waals surface area contributed by atoms with Crippen LogP contribution in [-0.4, -0.2) is 30.5 Å². The lowest BCUT2D eigenvalue weighted by molar-refractivity contribution is 0.0153. The Kier molecular flexibility index (Phi) is 2.60. The molecule has 60 valence electrons. The van der Waals surface area contributed by atoms with Crippen molar-refractivity contribution < 1.29 is 8.78 Å². The van der Waals surface area contributed by atoms with Crippen LogP contribution in [0.3, 0.4) is 0 Å². The molecule has 0 amide bonds. The largest absolute Gasteiger partial charge is 0.295 e. The minimum Gasteiger partial charge on any atom is -0.295 e. The number of halogens is 2. The van der Waals surface area contributed by atoms with E-state index in [1.54, 1.807) is 0 Å². The van der Waals surface area contributed by atoms with Gasteiger partial charge in [-0.05, 0) is 12.8 Å². The lowest BCUT2D eigenvalue weighted by atomic mass is 10.0. The highest BCUT2D eigenvalue weighted by molar-refractivity contribution is 4.81. The van der Waals surface area contributed by atoms with E-state index in [1.165, 1.54) is 0 Å². The predicted molar refractivity (Wildman–Crippen MR) is 36.3 cm³/mol. The molecule has 1 atom stereocenters. The molecular weight excluding hydrogens is 136 g/mol. The highest BCUT2D eigenvalue weighted by Gasteiger charge is 2.27. The molecule has 1 fully saturated rings. The van der Waals surface area contributed by atoms with E-state index in [4.69, 9.17) is 0 Å². The van der Waals surface area contributed by atoms with Crippen molar-refractivity contribution in [3.05, 3.63) is 0 Å². The van der Waals surface area contributed by atoms with Crippen molar-refractivity contribution in [3.63, 3.8) is 0 Å². The zero-order valence-electron chi connectivity index (χ0n) is 6.19. The van der Waals surface area contributed by atoms with Crippen LogP contribution in [0.4, 0.5) is 8.78 Å². The summed E-state index contributed by atoms with van der Waals surface area (Å²) in [5.74, 6) is 0. The molecule has 0 aliphatic carbocycles. The number of likely N-dealkylation sites (tertiary alicyclic amines) is 1. The number of nitrogens with zero attached hydrogens (tertiary/aromatic N) is 1. The maximum absolute atomic E-state index is 11.8. The zero-order chi connectivity index (χ0) is 7.56. The summed E-state index contributed by atoms with van der Waals surface area (Å²) < 4.78 is 23.5. The Labute approximate surface area is 60.0 Å². The first-order chi connectivity index (χ1) is 4.74. The molecule has 0 N–H and O–H groups in total. The Balaban J connectivity index is 2.16. The van der Waals surface area contributed by atoms with E-state index in [-0.39, 0.29) is 6.54 Å². The molecule has 10 heavy (non-hydrogen) atoms. The Morgan fingerprint density at radius 2 is 2.30 bits per heavy atom. The fraction of sp³-hybridized carbons (Fsp3) is 1.00. The molecule has 1 saturated heterocycles. The Bertz CT molecular complexity index is 104. The van der Waals surface area contributed by atoms with Crippen LogP contribution in [-0.2, 0) is 0 Å². The topological polar surface area (TPSA) is 3.24 Å². The number of hydrogen-bond donors (Lipinski definition) is 0. The normalized spacial score (nSPS) is 27.0. The van der Waals surface area contributed by atoms with Crippen molar-refractivity contribution in [2.24, 2.45) is 0 Å². The summed E-state index contributed by atoms with van der Waals surface area (Å²) in [4.78, 5) is 1.85. The van der Waals surface area contributed by atoms with Crippen LogP contribution in [0.2, 0.25) is 0 Å². The molecule has 0 saturated carbocycles. The second-order valence-electron chi connectivity index (χ2n) is 2.74. The van der Waals surface area contributed by atoms with Crippen LogP contribution in [0.5, 0.6) is 0 Å². The van der Waals surface area contributed by atoms with Crippen LogP contribution in [0.15, 0.2) is 0 Å². The lowest BCUT2D eigenvalue weighted by Gasteiger charge is -2.40. The highest BCUT2D eigenvalue weighted by atomic mass is 19.3. The van der Waals surface area contributed by atoms with Crippen LogP contribution in [0.1, 0.15) is 19.8 Å². The smallest absolute Gasteiger partial charge is 0.251 e. The molecule has 0 aromatic heterocycles. The third-order valence-electron chi connectivity index (χ3n) is 2.11. The van der Waals surface area contributed by atoms with Gasteiger partial charge in [-0.15, -0.1) is 0 Å². The Morgan fingerprint density at radius 3 is 2.60 bits per heavy atom. The van der Waals surface area contributed by atoms with E-state index in [2.05, 4.69) is 0 Å². The maximum atomic E-state index is 11.8. The molecule has 0 spiro atoms. The summed E-state index contributed by atoms with van der Waals surface area (Å²) in [7, 11) is 0. The van der Waals surface area contributed by atoms with Crippen molar-refractivity contribution in [1.29, 1.82) is 0 Å². The molecule has 0 aromatic rings. The van der Waals surface area contributed by atoms with Crippen LogP contribution in [0, 0.1) is 0 Å². The summed E-state index contributed by atoms with van der Waals surface area (Å²) in [6, 6.07) is 0.439. The SMILES string of the molecule is CCC1CCN1CC(F)F. The molecule has 1 aliphatic rings. The maximum Gasteiger partial charge on any atom is 0.251 e. The van der Waals surface area contributed by atoms with Crippen LogP contribution < -0.4 is 0 Å². The number of rotatable bonds is 3. The van der Waals surface area contributed by atoms with Gasteiger partial charge in [-0.3, -0.25) is 4.90 Å². The quantitative estimate of drug-likeness (QED) is 0.590. The van der Waals surface area contributed by atoms with Gasteiger partial charge in [-0.25, -0.2) is 8.78 Å². The first-order valence-electron chi connectivity index (χ1n) is 3.76. The van der Waals surface area contributed by atoms with Gasteiger partial charge < -0.3 is 0 Å². The molecule has 1 rings (SSSR count). The van der Waals surface area contributed by atoms with Crippen LogP contribution >= 0.6 is 0 Å². The van der Waals surface area contributed by atoms with E-state index >= 15 is 0 Å². The molecule has 0 bridgehead atoms. The van der Waals surface area contributed by atoms with Gasteiger partial charge in [0, 0.05) is 12.6 Å². The summed E-state index contributed by atoms with van der Waals surface area (Å²) in [6.07, 6.45) is -0.0509. The third kappa shape index (κ3) is 1.66. The summed E-state index contributed by atoms with van der Waals surface area (Å²) in [5.41, 5.74) is 0. The molecule has 1 aliphatic heterocycles. The van der Waals surface area contributed by atoms with Crippen molar-refractivity contribution in [1.82, 2.24) is 4.90 Å². The van der Waals surface area contributed by atoms with Crippen molar-refractivity contribution in [2.75, 3.05) is 13.1 Å². The standard InChI is InChI=1S/C7H13F2N/c1-2-6-3-4-10(6)5-7(8)9/h6-7H,2-5H2,1H3. The van der Waals surface area contributed by atoms with Gasteiger partial charge >= 0.3 is 0 Å². The molecule has 3 heteroatoms. The number of alkyl halides is 2. The molecule has 1 heterocycles. The molecular formula is C7H13F2N. The zero-order valence-corrected chi connectivity index (χ0v) is 6.19. The van der Waals surface area contributed by atoms with Gasteiger partial charge in [0.15, 0.2) is 0 Å². The van der Waals surface area contributed by atoms with E-state index in [9.17, 15) is 8.78 Å². The summed E-state index contributed by atoms with van der Waals surface area (Å²) in [6.45, 7) is 2.88. The van der Waals surface area contributed by atoms with Gasteiger partial charge in [0.25, 0.3) is 6.43 Å². The van der Waals surface area contributed by atoms with Gasteiger partial charge in [0.05, 0.1) is 6.54 Å². The summed E-state index contributed by atoms with van der Waals surface area (Å²) in [5, 5.41) is 0. The van der Waals surface area contributed by atoms with Gasteiger partial charge in [0.2, 0.25) is 0 Å². The average Bonchev–Trinajstić information content (AvgIpc) is 1.82. The second kappa shape index (κ2) is 3.28. The Hall–Kier alpha value is -0.180. The van der Waals surface area contributed by atoms with E-state index in [0.29, 0.717) is 6.04 Å². The second-order valence-corrected chi connectivity index (χ2v) is 2.74. The molecule has 0 aromatic carbocycles. The minimum atomic E-state index is -2.16. The molecule has 1 nitrogen and oxygen atoms in total. The fourth-order valence-corrected chi connectivity index (χ4v) is 1.37. The number of hydrogen-bond acceptors (Lipinski definition) is 1. The molecule has 1 unspecified atom stereocenters. The summed E-state index contributed by atoms with van der Waals surface area (Å²) >= 11 is 0. The monoisotopic (exact) mass is 149 g/mol. The van der Waals surface area contributed by atoms with Gasteiger partial charge in [-0.2, -0.15) is 0 Å². The van der Waals surface area contributed by atoms with Gasteiger partial charge in [-0.1, -0.05) is 6.92 Å². The predicted octanol–water partition coefficient (Wildman–Crippen LogP) is 1.74.